The fraction of sp³-hybridized carbons (Fsp3) is 0.649. The molecule has 3 unspecified atom stereocenters. The van der Waals surface area contributed by atoms with Crippen molar-refractivity contribution in [3.05, 3.63) is 53.6 Å². The standard InChI is InChI=1S/C37H48F4INO5S/c1-22(19-23(2)49(46)18-4-16-36(38,39)37(40,41)42)5-6-24-20-25-21-28(48-34(45)47-27-9-7-26(43)8-10-27)11-12-29(25)30-15-17-35(3)31(33(24)30)13-14-32(35)44/h7-12,21-24,30-33,44H,4-6,13-20,43H2,1-3H3/t22?,23?,24-,30-,31+,32+,33-,35+,49?/m1/s1. The summed E-state index contributed by atoms with van der Waals surface area (Å²) in [5.41, 5.74) is 8.60. The molecule has 272 valence electrons. The summed E-state index contributed by atoms with van der Waals surface area (Å²) in [7, 11) is -1.39. The SMILES string of the molecule is CC(CC[C@@H]1Cc2cc(OC(=O)Oc3ccc(N)cc3)ccc2[C@H]2CC[C@]3(C)[C@@H](O)CC[C@H]3[C@H]12)CC(C)S(=O)CCCC(F)(F)C(F)(F)I. The van der Waals surface area contributed by atoms with E-state index in [4.69, 9.17) is 15.2 Å². The third-order valence-corrected chi connectivity index (χ3v) is 14.1. The number of nitrogens with two attached hydrogens (primary N) is 1. The van der Waals surface area contributed by atoms with Crippen molar-refractivity contribution in [1.82, 2.24) is 0 Å². The molecule has 0 aromatic heterocycles. The van der Waals surface area contributed by atoms with Crippen LogP contribution < -0.4 is 15.2 Å². The van der Waals surface area contributed by atoms with Gasteiger partial charge >= 0.3 is 16.0 Å². The van der Waals surface area contributed by atoms with Crippen LogP contribution in [0.3, 0.4) is 0 Å². The number of ether oxygens (including phenoxy) is 2. The number of benzene rings is 2. The minimum absolute atomic E-state index is 0.0279. The molecule has 2 saturated carbocycles. The maximum atomic E-state index is 13.7. The normalized spacial score (nSPS) is 28.5. The predicted molar refractivity (Wildman–Crippen MR) is 192 cm³/mol. The highest BCUT2D eigenvalue weighted by Gasteiger charge is 2.56. The Morgan fingerprint density at radius 1 is 1.08 bits per heavy atom. The molecule has 5 rings (SSSR count). The van der Waals surface area contributed by atoms with Crippen LogP contribution in [-0.4, -0.2) is 42.4 Å². The van der Waals surface area contributed by atoms with Crippen LogP contribution in [0.1, 0.15) is 95.6 Å². The summed E-state index contributed by atoms with van der Waals surface area (Å²) in [6, 6.07) is 12.3. The first-order valence-corrected chi connectivity index (χ1v) is 19.8. The molecule has 0 heterocycles. The maximum Gasteiger partial charge on any atom is 0.519 e. The number of aliphatic hydroxyl groups excluding tert-OH is 1. The summed E-state index contributed by atoms with van der Waals surface area (Å²) >= 11 is 0.465. The van der Waals surface area contributed by atoms with Crippen LogP contribution in [0.25, 0.3) is 0 Å². The first kappa shape index (κ1) is 38.3. The second-order valence-electron chi connectivity index (χ2n) is 14.9. The number of halogens is 5. The number of carbonyl (C=O) groups excluding carboxylic acids is 1. The fourth-order valence-corrected chi connectivity index (χ4v) is 10.5. The largest absolute Gasteiger partial charge is 0.519 e. The van der Waals surface area contributed by atoms with E-state index in [1.165, 1.54) is 5.56 Å². The number of hydrogen-bond acceptors (Lipinski definition) is 6. The third-order valence-electron chi connectivity index (χ3n) is 11.6. The van der Waals surface area contributed by atoms with Gasteiger partial charge in [0.1, 0.15) is 11.5 Å². The Morgan fingerprint density at radius 2 is 1.76 bits per heavy atom. The van der Waals surface area contributed by atoms with Gasteiger partial charge in [-0.05, 0) is 134 Å². The van der Waals surface area contributed by atoms with E-state index in [2.05, 4.69) is 19.9 Å². The molecular formula is C37H48F4INO5S. The zero-order valence-electron chi connectivity index (χ0n) is 28.3. The molecule has 0 amide bonds. The smallest absolute Gasteiger partial charge is 0.399 e. The van der Waals surface area contributed by atoms with Crippen LogP contribution in [0, 0.1) is 29.1 Å². The molecule has 12 heteroatoms. The summed E-state index contributed by atoms with van der Waals surface area (Å²) in [5.74, 6) is -1.70. The summed E-state index contributed by atoms with van der Waals surface area (Å²) < 4.78 is 73.3. The highest BCUT2D eigenvalue weighted by Crippen LogP contribution is 2.63. The third kappa shape index (κ3) is 8.76. The lowest BCUT2D eigenvalue weighted by Gasteiger charge is -2.53. The summed E-state index contributed by atoms with van der Waals surface area (Å²) in [6.07, 6.45) is 4.68. The van der Waals surface area contributed by atoms with E-state index in [1.807, 2.05) is 19.1 Å². The van der Waals surface area contributed by atoms with E-state index >= 15 is 0 Å². The topological polar surface area (TPSA) is 98.8 Å². The minimum atomic E-state index is -4.13. The molecule has 3 aliphatic carbocycles. The molecule has 2 aromatic carbocycles. The van der Waals surface area contributed by atoms with Gasteiger partial charge < -0.3 is 20.3 Å². The van der Waals surface area contributed by atoms with Crippen molar-refractivity contribution in [2.24, 2.45) is 29.1 Å². The van der Waals surface area contributed by atoms with E-state index < -0.39 is 33.2 Å². The van der Waals surface area contributed by atoms with Gasteiger partial charge in [0.2, 0.25) is 0 Å². The van der Waals surface area contributed by atoms with Gasteiger partial charge in [-0.15, -0.1) is 0 Å². The molecule has 0 saturated heterocycles. The Bertz CT molecular complexity index is 1490. The molecule has 2 fully saturated rings. The van der Waals surface area contributed by atoms with Crippen molar-refractivity contribution in [3.8, 4) is 11.5 Å². The number of rotatable bonds is 13. The maximum absolute atomic E-state index is 13.7. The molecule has 3 aliphatic rings. The molecule has 2 aromatic rings. The second kappa shape index (κ2) is 15.4. The predicted octanol–water partition coefficient (Wildman–Crippen LogP) is 9.68. The molecule has 0 radical (unpaired) electrons. The van der Waals surface area contributed by atoms with Crippen LogP contribution in [0.15, 0.2) is 42.5 Å². The van der Waals surface area contributed by atoms with Gasteiger partial charge in [0.05, 0.1) is 6.10 Å². The average molecular weight is 822 g/mol. The lowest BCUT2D eigenvalue weighted by molar-refractivity contribution is -0.144. The Hall–Kier alpha value is -1.93. The molecule has 6 nitrogen and oxygen atoms in total. The number of anilines is 1. The van der Waals surface area contributed by atoms with Crippen LogP contribution in [0.5, 0.6) is 11.5 Å². The van der Waals surface area contributed by atoms with Gasteiger partial charge in [-0.25, -0.2) is 4.79 Å². The number of nitrogen functional groups attached to an aromatic ring is 1. The highest BCUT2D eigenvalue weighted by molar-refractivity contribution is 14.1. The first-order valence-electron chi connectivity index (χ1n) is 17.4. The van der Waals surface area contributed by atoms with Crippen molar-refractivity contribution in [3.63, 3.8) is 0 Å². The lowest BCUT2D eigenvalue weighted by atomic mass is 9.52. The van der Waals surface area contributed by atoms with Crippen LogP contribution in [0.4, 0.5) is 28.0 Å². The number of fused-ring (bicyclic) bond motifs is 5. The Balaban J connectivity index is 1.24. The molecule has 9 atom stereocenters. The van der Waals surface area contributed by atoms with Crippen molar-refractivity contribution >= 4 is 45.2 Å². The average Bonchev–Trinajstić information content (AvgIpc) is 3.33. The fourth-order valence-electron chi connectivity index (χ4n) is 8.90. The zero-order valence-corrected chi connectivity index (χ0v) is 31.3. The van der Waals surface area contributed by atoms with E-state index in [1.54, 1.807) is 24.3 Å². The van der Waals surface area contributed by atoms with Gasteiger partial charge in [-0.3, -0.25) is 4.21 Å². The lowest BCUT2D eigenvalue weighted by Crippen LogP contribution is -2.47. The highest BCUT2D eigenvalue weighted by atomic mass is 127. The van der Waals surface area contributed by atoms with Crippen LogP contribution in [0.2, 0.25) is 0 Å². The van der Waals surface area contributed by atoms with Crippen molar-refractivity contribution in [2.75, 3.05) is 11.5 Å². The first-order chi connectivity index (χ1) is 23.0. The molecular weight excluding hydrogens is 773 g/mol. The van der Waals surface area contributed by atoms with Gasteiger partial charge in [0, 0.05) is 56.5 Å². The summed E-state index contributed by atoms with van der Waals surface area (Å²) in [4.78, 5) is 12.6. The zero-order chi connectivity index (χ0) is 35.7. The molecule has 0 aliphatic heterocycles. The molecule has 0 bridgehead atoms. The van der Waals surface area contributed by atoms with Crippen molar-refractivity contribution < 1.29 is 41.1 Å². The minimum Gasteiger partial charge on any atom is -0.399 e. The Labute approximate surface area is 302 Å². The van der Waals surface area contributed by atoms with Crippen molar-refractivity contribution in [2.45, 2.75) is 112 Å². The number of alkyl halides is 5. The van der Waals surface area contributed by atoms with E-state index in [9.17, 15) is 31.7 Å². The Morgan fingerprint density at radius 3 is 2.45 bits per heavy atom. The number of aliphatic hydroxyl groups is 1. The number of hydrogen-bond donors (Lipinski definition) is 2. The number of carbonyl (C=O) groups is 1. The van der Waals surface area contributed by atoms with E-state index in [0.29, 0.717) is 69.9 Å². The molecule has 3 N–H and O–H groups in total. The van der Waals surface area contributed by atoms with Crippen LogP contribution >= 0.6 is 22.6 Å². The van der Waals surface area contributed by atoms with Crippen molar-refractivity contribution in [1.29, 1.82) is 0 Å². The monoisotopic (exact) mass is 821 g/mol. The summed E-state index contributed by atoms with van der Waals surface area (Å²) in [5, 5.41) is 10.8. The molecule has 49 heavy (non-hydrogen) atoms. The Kier molecular flexibility index (Phi) is 12.0. The van der Waals surface area contributed by atoms with Gasteiger partial charge in [0.25, 0.3) is 0 Å². The van der Waals surface area contributed by atoms with Gasteiger partial charge in [-0.2, -0.15) is 17.6 Å². The quantitative estimate of drug-likeness (QED) is 0.0522. The van der Waals surface area contributed by atoms with Gasteiger partial charge in [-0.1, -0.05) is 33.3 Å². The summed E-state index contributed by atoms with van der Waals surface area (Å²) in [6.45, 7) is 6.21. The van der Waals surface area contributed by atoms with E-state index in [0.717, 1.165) is 50.5 Å². The second-order valence-corrected chi connectivity index (χ2v) is 18.2. The van der Waals surface area contributed by atoms with E-state index in [-0.39, 0.29) is 34.9 Å². The van der Waals surface area contributed by atoms with Crippen LogP contribution in [-0.2, 0) is 17.2 Å². The van der Waals surface area contributed by atoms with Gasteiger partial charge in [0.15, 0.2) is 0 Å². The molecule has 0 spiro atoms.